The van der Waals surface area contributed by atoms with Gasteiger partial charge in [0.25, 0.3) is 5.91 Å². The number of carbonyl (C=O) groups excluding carboxylic acids is 1. The summed E-state index contributed by atoms with van der Waals surface area (Å²) >= 11 is 0. The van der Waals surface area contributed by atoms with Gasteiger partial charge in [-0.3, -0.25) is 15.5 Å². The third-order valence-corrected chi connectivity index (χ3v) is 2.68. The van der Waals surface area contributed by atoms with Crippen LogP contribution in [0.3, 0.4) is 0 Å². The normalized spacial score (nSPS) is 22.9. The minimum atomic E-state index is -0.765. The Balaban J connectivity index is 2.20. The van der Waals surface area contributed by atoms with E-state index < -0.39 is 35.4 Å². The Morgan fingerprint density at radius 1 is 1.39 bits per heavy atom. The van der Waals surface area contributed by atoms with Crippen molar-refractivity contribution in [2.45, 2.75) is 12.3 Å². The third-order valence-electron chi connectivity index (χ3n) is 2.68. The number of amides is 1. The maximum atomic E-state index is 11.3. The number of benzene rings is 1. The van der Waals surface area contributed by atoms with Crippen molar-refractivity contribution >= 4 is 5.91 Å². The standard InChI is InChI=1S/C10H13N3O5/c11-13-9(17)5-3-18-10(12-5)4-1-2-6(14)8(16)7(4)15/h1-2,5,10,12,14-16H,3,11H2,(H,13,17). The molecule has 0 saturated carbocycles. The molecule has 8 heteroatoms. The Hall–Kier alpha value is -2.03. The van der Waals surface area contributed by atoms with Gasteiger partial charge in [0.2, 0.25) is 5.75 Å². The van der Waals surface area contributed by atoms with Crippen molar-refractivity contribution in [2.24, 2.45) is 5.84 Å². The molecule has 1 aliphatic rings. The summed E-state index contributed by atoms with van der Waals surface area (Å²) in [6.07, 6.45) is -0.765. The van der Waals surface area contributed by atoms with Crippen molar-refractivity contribution in [3.63, 3.8) is 0 Å². The van der Waals surface area contributed by atoms with E-state index in [2.05, 4.69) is 5.32 Å². The summed E-state index contributed by atoms with van der Waals surface area (Å²) in [4.78, 5) is 11.3. The summed E-state index contributed by atoms with van der Waals surface area (Å²) in [5, 5.41) is 31.0. The number of ether oxygens (including phenoxy) is 1. The fourth-order valence-corrected chi connectivity index (χ4v) is 1.70. The van der Waals surface area contributed by atoms with Crippen LogP contribution >= 0.6 is 0 Å². The fourth-order valence-electron chi connectivity index (χ4n) is 1.70. The smallest absolute Gasteiger partial charge is 0.253 e. The lowest BCUT2D eigenvalue weighted by atomic mass is 10.1. The quantitative estimate of drug-likeness (QED) is 0.169. The Morgan fingerprint density at radius 3 is 2.78 bits per heavy atom. The molecule has 0 radical (unpaired) electrons. The monoisotopic (exact) mass is 255 g/mol. The highest BCUT2D eigenvalue weighted by Crippen LogP contribution is 2.40. The summed E-state index contributed by atoms with van der Waals surface area (Å²) in [7, 11) is 0. The predicted molar refractivity (Wildman–Crippen MR) is 59.4 cm³/mol. The molecule has 2 unspecified atom stereocenters. The van der Waals surface area contributed by atoms with Crippen LogP contribution in [0.5, 0.6) is 17.2 Å². The molecule has 1 saturated heterocycles. The van der Waals surface area contributed by atoms with Gasteiger partial charge in [-0.25, -0.2) is 5.84 Å². The van der Waals surface area contributed by atoms with Gasteiger partial charge in [-0.05, 0) is 12.1 Å². The van der Waals surface area contributed by atoms with Crippen LogP contribution in [0.15, 0.2) is 12.1 Å². The molecule has 0 aromatic heterocycles. The van der Waals surface area contributed by atoms with Gasteiger partial charge < -0.3 is 20.1 Å². The Morgan fingerprint density at radius 2 is 2.11 bits per heavy atom. The molecule has 8 nitrogen and oxygen atoms in total. The lowest BCUT2D eigenvalue weighted by Gasteiger charge is -2.14. The van der Waals surface area contributed by atoms with Crippen LogP contribution in [-0.4, -0.2) is 33.9 Å². The van der Waals surface area contributed by atoms with Crippen LogP contribution in [0, 0.1) is 0 Å². The van der Waals surface area contributed by atoms with Gasteiger partial charge in [-0.1, -0.05) is 0 Å². The van der Waals surface area contributed by atoms with Crippen LogP contribution in [-0.2, 0) is 9.53 Å². The van der Waals surface area contributed by atoms with Crippen LogP contribution in [0.25, 0.3) is 0 Å². The molecule has 7 N–H and O–H groups in total. The van der Waals surface area contributed by atoms with E-state index in [1.54, 1.807) is 0 Å². The van der Waals surface area contributed by atoms with Crippen molar-refractivity contribution in [2.75, 3.05) is 6.61 Å². The summed E-state index contributed by atoms with van der Waals surface area (Å²) in [6.45, 7) is 0.0782. The van der Waals surface area contributed by atoms with Crippen LogP contribution in [0.4, 0.5) is 0 Å². The second kappa shape index (κ2) is 4.69. The maximum absolute atomic E-state index is 11.3. The number of hydrogen-bond acceptors (Lipinski definition) is 7. The Bertz CT molecular complexity index is 479. The number of hydrogen-bond donors (Lipinski definition) is 6. The first kappa shape index (κ1) is 12.4. The number of hydrazine groups is 1. The number of aromatic hydroxyl groups is 3. The molecule has 0 spiro atoms. The van der Waals surface area contributed by atoms with Gasteiger partial charge in [-0.15, -0.1) is 0 Å². The highest BCUT2D eigenvalue weighted by atomic mass is 16.5. The molecule has 0 aliphatic carbocycles. The van der Waals surface area contributed by atoms with Crippen LogP contribution in [0.1, 0.15) is 11.8 Å². The van der Waals surface area contributed by atoms with Crippen molar-refractivity contribution in [3.05, 3.63) is 17.7 Å². The first-order valence-electron chi connectivity index (χ1n) is 5.16. The molecule has 0 bridgehead atoms. The zero-order valence-electron chi connectivity index (χ0n) is 9.25. The van der Waals surface area contributed by atoms with E-state index in [9.17, 15) is 20.1 Å². The molecule has 1 aliphatic heterocycles. The number of nitrogens with one attached hydrogen (secondary N) is 2. The summed E-state index contributed by atoms with van der Waals surface area (Å²) in [5.41, 5.74) is 2.20. The number of phenolic OH excluding ortho intramolecular Hbond substituents is 3. The average Bonchev–Trinajstić information content (AvgIpc) is 2.84. The molecule has 2 rings (SSSR count). The summed E-state index contributed by atoms with van der Waals surface area (Å²) in [5.74, 6) is 2.98. The van der Waals surface area contributed by atoms with Crippen LogP contribution in [0.2, 0.25) is 0 Å². The van der Waals surface area contributed by atoms with Gasteiger partial charge in [0.15, 0.2) is 11.5 Å². The number of carbonyl (C=O) groups is 1. The minimum absolute atomic E-state index is 0.0782. The van der Waals surface area contributed by atoms with Gasteiger partial charge >= 0.3 is 0 Å². The topological polar surface area (TPSA) is 137 Å². The van der Waals surface area contributed by atoms with Crippen molar-refractivity contribution < 1.29 is 24.9 Å². The largest absolute Gasteiger partial charge is 0.504 e. The van der Waals surface area contributed by atoms with Crippen molar-refractivity contribution in [3.8, 4) is 17.2 Å². The Labute approximate surface area is 102 Å². The minimum Gasteiger partial charge on any atom is -0.504 e. The van der Waals surface area contributed by atoms with E-state index in [0.717, 1.165) is 0 Å². The first-order chi connectivity index (χ1) is 8.54. The molecular formula is C10H13N3O5. The van der Waals surface area contributed by atoms with E-state index in [1.807, 2.05) is 5.43 Å². The fraction of sp³-hybridized carbons (Fsp3) is 0.300. The van der Waals surface area contributed by atoms with Gasteiger partial charge in [0.1, 0.15) is 12.3 Å². The van der Waals surface area contributed by atoms with E-state index in [-0.39, 0.29) is 12.2 Å². The first-order valence-corrected chi connectivity index (χ1v) is 5.16. The molecule has 98 valence electrons. The second-order valence-corrected chi connectivity index (χ2v) is 3.81. The van der Waals surface area contributed by atoms with Crippen molar-refractivity contribution in [1.82, 2.24) is 10.7 Å². The van der Waals surface area contributed by atoms with Gasteiger partial charge in [0, 0.05) is 5.56 Å². The highest BCUT2D eigenvalue weighted by Gasteiger charge is 2.32. The van der Waals surface area contributed by atoms with Crippen molar-refractivity contribution in [1.29, 1.82) is 0 Å². The molecule has 1 fully saturated rings. The summed E-state index contributed by atoms with van der Waals surface area (Å²) < 4.78 is 5.27. The SMILES string of the molecule is NNC(=O)C1COC(c2ccc(O)c(O)c2O)N1. The molecule has 1 aromatic rings. The lowest BCUT2D eigenvalue weighted by Crippen LogP contribution is -2.45. The molecular weight excluding hydrogens is 242 g/mol. The lowest BCUT2D eigenvalue weighted by molar-refractivity contribution is -0.122. The molecule has 1 heterocycles. The second-order valence-electron chi connectivity index (χ2n) is 3.81. The number of rotatable bonds is 2. The predicted octanol–water partition coefficient (Wildman–Crippen LogP) is -1.22. The van der Waals surface area contributed by atoms with E-state index in [0.29, 0.717) is 0 Å². The van der Waals surface area contributed by atoms with Gasteiger partial charge in [-0.2, -0.15) is 0 Å². The average molecular weight is 255 g/mol. The van der Waals surface area contributed by atoms with E-state index >= 15 is 0 Å². The molecule has 18 heavy (non-hydrogen) atoms. The molecule has 1 aromatic carbocycles. The van der Waals surface area contributed by atoms with E-state index in [4.69, 9.17) is 10.6 Å². The number of nitrogens with two attached hydrogens (primary N) is 1. The van der Waals surface area contributed by atoms with E-state index in [1.165, 1.54) is 12.1 Å². The summed E-state index contributed by atoms with van der Waals surface area (Å²) in [6, 6.07) is 1.95. The maximum Gasteiger partial charge on any atom is 0.253 e. The van der Waals surface area contributed by atoms with Gasteiger partial charge in [0.05, 0.1) is 6.61 Å². The highest BCUT2D eigenvalue weighted by molar-refractivity contribution is 5.81. The molecule has 2 atom stereocenters. The zero-order chi connectivity index (χ0) is 13.3. The number of phenols is 3. The zero-order valence-corrected chi connectivity index (χ0v) is 9.25. The Kier molecular flexibility index (Phi) is 3.24. The van der Waals surface area contributed by atoms with Crippen LogP contribution < -0.4 is 16.6 Å². The third kappa shape index (κ3) is 2.04. The molecule has 1 amide bonds.